The fraction of sp³-hybridized carbons (Fsp3) is 0.900. The fourth-order valence-corrected chi connectivity index (χ4v) is 7.03. The summed E-state index contributed by atoms with van der Waals surface area (Å²) in [6.07, 6.45) is 9.31. The second-order valence-corrected chi connectivity index (χ2v) is 10.8. The van der Waals surface area contributed by atoms with Crippen molar-refractivity contribution in [3.05, 3.63) is 11.6 Å². The molecule has 0 radical (unpaired) electrons. The molecule has 4 rings (SSSR count). The highest BCUT2D eigenvalue weighted by Gasteiger charge is 2.66. The minimum atomic E-state index is -0.200. The van der Waals surface area contributed by atoms with E-state index in [0.29, 0.717) is 22.7 Å². The Labute approximate surface area is 148 Å². The number of hydrogen-bond acceptors (Lipinski definition) is 2. The normalized spacial score (nSPS) is 56.0. The molecule has 0 aromatic heterocycles. The number of alkyl halides is 1. The van der Waals surface area contributed by atoms with E-state index in [1.807, 2.05) is 0 Å². The Hall–Kier alpha value is 0.140. The van der Waals surface area contributed by atoms with Gasteiger partial charge in [0.25, 0.3) is 0 Å². The molecule has 0 amide bonds. The van der Waals surface area contributed by atoms with Crippen LogP contribution in [-0.2, 0) is 0 Å². The molecule has 8 atom stereocenters. The van der Waals surface area contributed by atoms with Crippen LogP contribution in [0.15, 0.2) is 11.6 Å². The Balaban J connectivity index is 1.70. The van der Waals surface area contributed by atoms with Crippen LogP contribution in [0.5, 0.6) is 0 Å². The van der Waals surface area contributed by atoms with Gasteiger partial charge in [0.2, 0.25) is 0 Å². The van der Waals surface area contributed by atoms with E-state index in [4.69, 9.17) is 0 Å². The SMILES string of the molecule is C[C@]1([C@@H](Br)CO)CC=C2[C@@H](C1)[C@H](O)C[C@@H]1[C@@]3(C)C[C@H]3CC[C@@]21C. The van der Waals surface area contributed by atoms with Crippen molar-refractivity contribution in [1.82, 2.24) is 0 Å². The topological polar surface area (TPSA) is 40.5 Å². The zero-order valence-electron chi connectivity index (χ0n) is 14.7. The lowest BCUT2D eigenvalue weighted by molar-refractivity contribution is -0.0481. The number of allylic oxidation sites excluding steroid dienone is 1. The molecule has 0 bridgehead atoms. The molecular formula is C20H31BrO2. The number of aliphatic hydroxyl groups excluding tert-OH is 2. The van der Waals surface area contributed by atoms with Gasteiger partial charge in [-0.15, -0.1) is 0 Å². The van der Waals surface area contributed by atoms with Gasteiger partial charge in [0, 0.05) is 10.7 Å². The van der Waals surface area contributed by atoms with E-state index in [2.05, 4.69) is 42.8 Å². The summed E-state index contributed by atoms with van der Waals surface area (Å²) in [6.45, 7) is 7.39. The first-order valence-electron chi connectivity index (χ1n) is 9.38. The third-order valence-electron chi connectivity index (χ3n) is 8.43. The predicted octanol–water partition coefficient (Wildman–Crippen LogP) is 4.29. The van der Waals surface area contributed by atoms with Crippen molar-refractivity contribution in [2.75, 3.05) is 6.61 Å². The van der Waals surface area contributed by atoms with Crippen molar-refractivity contribution in [3.63, 3.8) is 0 Å². The van der Waals surface area contributed by atoms with E-state index in [9.17, 15) is 10.2 Å². The molecule has 0 aromatic carbocycles. The number of hydrogen-bond donors (Lipinski definition) is 2. The Morgan fingerprint density at radius 2 is 2.04 bits per heavy atom. The zero-order chi connectivity index (χ0) is 16.6. The van der Waals surface area contributed by atoms with E-state index < -0.39 is 0 Å². The number of halogens is 1. The van der Waals surface area contributed by atoms with Crippen LogP contribution in [0.3, 0.4) is 0 Å². The lowest BCUT2D eigenvalue weighted by Gasteiger charge is -2.57. The molecule has 4 aliphatic carbocycles. The van der Waals surface area contributed by atoms with Crippen molar-refractivity contribution in [1.29, 1.82) is 0 Å². The maximum Gasteiger partial charge on any atom is 0.0609 e. The van der Waals surface area contributed by atoms with E-state index in [-0.39, 0.29) is 23.0 Å². The molecule has 3 fully saturated rings. The van der Waals surface area contributed by atoms with E-state index in [1.54, 1.807) is 5.57 Å². The molecule has 130 valence electrons. The highest BCUT2D eigenvalue weighted by Crippen LogP contribution is 2.73. The average molecular weight is 383 g/mol. The maximum atomic E-state index is 11.0. The molecule has 0 saturated heterocycles. The van der Waals surface area contributed by atoms with Crippen molar-refractivity contribution in [2.24, 2.45) is 34.0 Å². The second kappa shape index (κ2) is 5.08. The predicted molar refractivity (Wildman–Crippen MR) is 96.4 cm³/mol. The van der Waals surface area contributed by atoms with Crippen LogP contribution in [0, 0.1) is 34.0 Å². The van der Waals surface area contributed by atoms with Gasteiger partial charge in [0.1, 0.15) is 0 Å². The maximum absolute atomic E-state index is 11.0. The summed E-state index contributed by atoms with van der Waals surface area (Å²) in [6, 6.07) is 0. The lowest BCUT2D eigenvalue weighted by Crippen LogP contribution is -2.52. The smallest absolute Gasteiger partial charge is 0.0609 e. The quantitative estimate of drug-likeness (QED) is 0.552. The van der Waals surface area contributed by atoms with Crippen molar-refractivity contribution in [3.8, 4) is 0 Å². The molecule has 2 N–H and O–H groups in total. The average Bonchev–Trinajstić information content (AvgIpc) is 3.20. The van der Waals surface area contributed by atoms with Crippen LogP contribution in [0.25, 0.3) is 0 Å². The van der Waals surface area contributed by atoms with Crippen LogP contribution >= 0.6 is 15.9 Å². The number of aliphatic hydroxyl groups is 2. The minimum Gasteiger partial charge on any atom is -0.395 e. The Morgan fingerprint density at radius 1 is 1.30 bits per heavy atom. The summed E-state index contributed by atoms with van der Waals surface area (Å²) in [7, 11) is 0. The summed E-state index contributed by atoms with van der Waals surface area (Å²) in [4.78, 5) is 0.113. The molecule has 3 saturated carbocycles. The third-order valence-corrected chi connectivity index (χ3v) is 9.82. The van der Waals surface area contributed by atoms with Gasteiger partial charge in [-0.2, -0.15) is 0 Å². The first-order chi connectivity index (χ1) is 10.7. The number of rotatable bonds is 2. The van der Waals surface area contributed by atoms with Gasteiger partial charge >= 0.3 is 0 Å². The van der Waals surface area contributed by atoms with Crippen LogP contribution in [0.2, 0.25) is 0 Å². The van der Waals surface area contributed by atoms with Crippen LogP contribution < -0.4 is 0 Å². The zero-order valence-corrected chi connectivity index (χ0v) is 16.3. The largest absolute Gasteiger partial charge is 0.395 e. The van der Waals surface area contributed by atoms with Crippen molar-refractivity contribution >= 4 is 15.9 Å². The summed E-state index contributed by atoms with van der Waals surface area (Å²) >= 11 is 3.68. The molecule has 4 aliphatic rings. The molecular weight excluding hydrogens is 352 g/mol. The molecule has 0 aromatic rings. The second-order valence-electron chi connectivity index (χ2n) is 9.70. The number of fused-ring (bicyclic) bond motifs is 5. The summed E-state index contributed by atoms with van der Waals surface area (Å²) in [5.41, 5.74) is 2.40. The van der Waals surface area contributed by atoms with Crippen LogP contribution in [0.1, 0.15) is 59.3 Å². The molecule has 0 heterocycles. The first kappa shape index (κ1) is 16.6. The highest BCUT2D eigenvalue weighted by molar-refractivity contribution is 9.09. The van der Waals surface area contributed by atoms with Gasteiger partial charge in [-0.05, 0) is 66.6 Å². The van der Waals surface area contributed by atoms with Crippen LogP contribution in [0.4, 0.5) is 0 Å². The molecule has 0 unspecified atom stereocenters. The van der Waals surface area contributed by atoms with E-state index in [0.717, 1.165) is 25.2 Å². The molecule has 0 aliphatic heterocycles. The van der Waals surface area contributed by atoms with E-state index in [1.165, 1.54) is 19.3 Å². The molecule has 23 heavy (non-hydrogen) atoms. The van der Waals surface area contributed by atoms with Gasteiger partial charge < -0.3 is 10.2 Å². The van der Waals surface area contributed by atoms with Gasteiger partial charge in [-0.1, -0.05) is 48.4 Å². The monoisotopic (exact) mass is 382 g/mol. The minimum absolute atomic E-state index is 0.0494. The Kier molecular flexibility index (Phi) is 3.67. The first-order valence-corrected chi connectivity index (χ1v) is 10.3. The van der Waals surface area contributed by atoms with Crippen LogP contribution in [-0.4, -0.2) is 27.8 Å². The highest BCUT2D eigenvalue weighted by atomic mass is 79.9. The molecule has 0 spiro atoms. The molecule has 3 heteroatoms. The molecule has 2 nitrogen and oxygen atoms in total. The summed E-state index contributed by atoms with van der Waals surface area (Å²) in [5, 5.41) is 20.6. The lowest BCUT2D eigenvalue weighted by atomic mass is 9.48. The summed E-state index contributed by atoms with van der Waals surface area (Å²) in [5.74, 6) is 1.87. The van der Waals surface area contributed by atoms with Gasteiger partial charge in [-0.25, -0.2) is 0 Å². The summed E-state index contributed by atoms with van der Waals surface area (Å²) < 4.78 is 0. The van der Waals surface area contributed by atoms with Crippen molar-refractivity contribution in [2.45, 2.75) is 70.2 Å². The van der Waals surface area contributed by atoms with Gasteiger partial charge in [-0.3, -0.25) is 0 Å². The van der Waals surface area contributed by atoms with Gasteiger partial charge in [0.15, 0.2) is 0 Å². The van der Waals surface area contributed by atoms with Gasteiger partial charge in [0.05, 0.1) is 12.7 Å². The Bertz CT molecular complexity index is 546. The Morgan fingerprint density at radius 3 is 2.74 bits per heavy atom. The third kappa shape index (κ3) is 2.18. The van der Waals surface area contributed by atoms with Crippen molar-refractivity contribution < 1.29 is 10.2 Å². The van der Waals surface area contributed by atoms with E-state index >= 15 is 0 Å². The fourth-order valence-electron chi connectivity index (χ4n) is 6.65. The standard InChI is InChI=1S/C20H31BrO2/c1-18(17(21)11-22)6-5-14-13(10-18)15(23)8-16-19(14,2)7-4-12-9-20(12,16)3/h5,12-13,15-17,22-23H,4,6-11H2,1-3H3/t12-,13-,15-,16+,17+,18+,19+,20+/m1/s1.